The van der Waals surface area contributed by atoms with Crippen LogP contribution in [0.25, 0.3) is 0 Å². The third-order valence-corrected chi connectivity index (χ3v) is 4.62. The number of carbonyl (C=O) groups excluding carboxylic acids is 1. The summed E-state index contributed by atoms with van der Waals surface area (Å²) in [5.41, 5.74) is -2.54. The Morgan fingerprint density at radius 1 is 0.900 bits per heavy atom. The van der Waals surface area contributed by atoms with Gasteiger partial charge in [-0.1, -0.05) is 26.0 Å². The monoisotopic (exact) mass is 433 g/mol. The summed E-state index contributed by atoms with van der Waals surface area (Å²) < 4.78 is 79.0. The predicted molar refractivity (Wildman–Crippen MR) is 98.5 cm³/mol. The van der Waals surface area contributed by atoms with Crippen molar-refractivity contribution in [1.29, 1.82) is 0 Å². The minimum Gasteiger partial charge on any atom is -0.335 e. The zero-order chi connectivity index (χ0) is 22.7. The number of amides is 2. The highest BCUT2D eigenvalue weighted by molar-refractivity contribution is 5.75. The van der Waals surface area contributed by atoms with Crippen LogP contribution in [0, 0.1) is 5.92 Å². The van der Waals surface area contributed by atoms with Gasteiger partial charge in [-0.3, -0.25) is 4.98 Å². The Labute approximate surface area is 169 Å². The van der Waals surface area contributed by atoms with Gasteiger partial charge in [-0.25, -0.2) is 4.79 Å². The summed E-state index contributed by atoms with van der Waals surface area (Å²) in [7, 11) is 0. The molecule has 0 saturated carbocycles. The molecule has 2 aromatic rings. The van der Waals surface area contributed by atoms with Crippen LogP contribution >= 0.6 is 0 Å². The highest BCUT2D eigenvalue weighted by atomic mass is 19.4. The Bertz CT molecular complexity index is 862. The summed E-state index contributed by atoms with van der Waals surface area (Å²) in [6.07, 6.45) is -8.25. The van der Waals surface area contributed by atoms with E-state index in [0.29, 0.717) is 0 Å². The second-order valence-electron chi connectivity index (χ2n) is 7.14. The average molecular weight is 433 g/mol. The van der Waals surface area contributed by atoms with E-state index in [1.807, 2.05) is 13.8 Å². The van der Waals surface area contributed by atoms with Crippen molar-refractivity contribution in [2.75, 3.05) is 0 Å². The number of alkyl halides is 6. The highest BCUT2D eigenvalue weighted by Crippen LogP contribution is 2.36. The molecule has 2 amide bonds. The molecule has 30 heavy (non-hydrogen) atoms. The van der Waals surface area contributed by atoms with Gasteiger partial charge in [-0.05, 0) is 42.7 Å². The van der Waals surface area contributed by atoms with Crippen molar-refractivity contribution in [2.24, 2.45) is 5.92 Å². The second kappa shape index (κ2) is 8.93. The van der Waals surface area contributed by atoms with Gasteiger partial charge >= 0.3 is 18.4 Å². The second-order valence-corrected chi connectivity index (χ2v) is 7.14. The topological polar surface area (TPSA) is 54.0 Å². The molecule has 0 aliphatic rings. The first-order valence-electron chi connectivity index (χ1n) is 9.07. The van der Waals surface area contributed by atoms with Crippen LogP contribution in [0.1, 0.15) is 49.2 Å². The third-order valence-electron chi connectivity index (χ3n) is 4.62. The molecule has 0 aliphatic heterocycles. The zero-order valence-corrected chi connectivity index (χ0v) is 16.4. The predicted octanol–water partition coefficient (Wildman–Crippen LogP) is 5.55. The molecule has 10 heteroatoms. The van der Waals surface area contributed by atoms with Crippen LogP contribution in [0.5, 0.6) is 0 Å². The fourth-order valence-corrected chi connectivity index (χ4v) is 2.61. The van der Waals surface area contributed by atoms with E-state index in [2.05, 4.69) is 15.6 Å². The number of pyridine rings is 1. The number of aromatic nitrogens is 1. The molecular formula is C20H21F6N3O. The van der Waals surface area contributed by atoms with Crippen molar-refractivity contribution in [3.05, 3.63) is 65.0 Å². The minimum atomic E-state index is -4.77. The minimum absolute atomic E-state index is 0.0274. The Morgan fingerprint density at radius 3 is 2.00 bits per heavy atom. The van der Waals surface area contributed by atoms with Gasteiger partial charge in [0.25, 0.3) is 0 Å². The van der Waals surface area contributed by atoms with E-state index in [4.69, 9.17) is 0 Å². The van der Waals surface area contributed by atoms with E-state index in [9.17, 15) is 31.1 Å². The van der Waals surface area contributed by atoms with E-state index in [-0.39, 0.29) is 17.5 Å². The Balaban J connectivity index is 2.48. The number of nitrogens with zero attached hydrogens (tertiary/aromatic N) is 1. The number of carbonyl (C=O) groups is 1. The lowest BCUT2D eigenvalue weighted by molar-refractivity contribution is -0.139. The first-order chi connectivity index (χ1) is 13.8. The maximum atomic E-state index is 13.5. The number of halogens is 6. The van der Waals surface area contributed by atoms with Crippen LogP contribution < -0.4 is 10.6 Å². The quantitative estimate of drug-likeness (QED) is 0.608. The molecule has 2 atom stereocenters. The summed E-state index contributed by atoms with van der Waals surface area (Å²) in [5, 5.41) is 5.02. The molecule has 4 nitrogen and oxygen atoms in total. The molecule has 0 bridgehead atoms. The van der Waals surface area contributed by atoms with Crippen molar-refractivity contribution < 1.29 is 31.1 Å². The average Bonchev–Trinajstić information content (AvgIpc) is 2.64. The van der Waals surface area contributed by atoms with Crippen LogP contribution in [-0.2, 0) is 12.4 Å². The molecule has 1 aromatic heterocycles. The van der Waals surface area contributed by atoms with E-state index in [1.54, 1.807) is 6.92 Å². The summed E-state index contributed by atoms with van der Waals surface area (Å²) in [5.74, 6) is 0.0563. The van der Waals surface area contributed by atoms with Crippen molar-refractivity contribution in [1.82, 2.24) is 15.6 Å². The number of hydrogen-bond donors (Lipinski definition) is 2. The largest absolute Gasteiger partial charge is 0.418 e. The molecule has 0 radical (unpaired) electrons. The normalized spacial score (nSPS) is 14.3. The van der Waals surface area contributed by atoms with Crippen LogP contribution in [0.15, 0.2) is 42.6 Å². The van der Waals surface area contributed by atoms with E-state index in [1.165, 1.54) is 0 Å². The Kier molecular flexibility index (Phi) is 6.99. The molecule has 2 rings (SSSR count). The van der Waals surface area contributed by atoms with Gasteiger partial charge in [0, 0.05) is 12.2 Å². The molecule has 0 fully saturated rings. The lowest BCUT2D eigenvalue weighted by Gasteiger charge is -2.25. The van der Waals surface area contributed by atoms with Gasteiger partial charge in [-0.15, -0.1) is 0 Å². The molecule has 1 unspecified atom stereocenters. The van der Waals surface area contributed by atoms with E-state index < -0.39 is 41.2 Å². The molecule has 164 valence electrons. The number of benzene rings is 1. The van der Waals surface area contributed by atoms with Gasteiger partial charge in [0.15, 0.2) is 0 Å². The fourth-order valence-electron chi connectivity index (χ4n) is 2.61. The van der Waals surface area contributed by atoms with Gasteiger partial charge < -0.3 is 10.6 Å². The molecule has 0 saturated heterocycles. The lowest BCUT2D eigenvalue weighted by Crippen LogP contribution is -2.45. The Hall–Kier alpha value is -2.78. The zero-order valence-electron chi connectivity index (χ0n) is 16.4. The molecule has 0 aliphatic carbocycles. The van der Waals surface area contributed by atoms with E-state index >= 15 is 0 Å². The number of rotatable bonds is 5. The van der Waals surface area contributed by atoms with Gasteiger partial charge in [0.05, 0.1) is 22.9 Å². The third kappa shape index (κ3) is 5.87. The summed E-state index contributed by atoms with van der Waals surface area (Å²) >= 11 is 0. The van der Waals surface area contributed by atoms with E-state index in [0.717, 1.165) is 42.6 Å². The van der Waals surface area contributed by atoms with Crippen molar-refractivity contribution >= 4 is 6.03 Å². The summed E-state index contributed by atoms with van der Waals surface area (Å²) in [6.45, 7) is 5.41. The van der Waals surface area contributed by atoms with Crippen LogP contribution in [0.3, 0.4) is 0 Å². The maximum Gasteiger partial charge on any atom is 0.418 e. The molecular weight excluding hydrogens is 412 g/mol. The van der Waals surface area contributed by atoms with Crippen LogP contribution in [0.2, 0.25) is 0 Å². The standard InChI is InChI=1S/C20H21F6N3O/c1-11(2)12(3)28-18(30)29-16(13-6-8-14(9-7-13)19(21,22)23)17-15(20(24,25)26)5-4-10-27-17/h4-12,16H,1-3H3,(H2,28,29,30)/t12-,16?/m0/s1. The number of hydrogen-bond acceptors (Lipinski definition) is 2. The van der Waals surface area contributed by atoms with Gasteiger partial charge in [0.1, 0.15) is 0 Å². The first kappa shape index (κ1) is 23.5. The molecule has 0 spiro atoms. The maximum absolute atomic E-state index is 13.5. The highest BCUT2D eigenvalue weighted by Gasteiger charge is 2.37. The first-order valence-corrected chi connectivity index (χ1v) is 9.07. The lowest BCUT2D eigenvalue weighted by atomic mass is 9.98. The SMILES string of the molecule is CC(C)[C@H](C)NC(=O)NC(c1ccc(C(F)(F)F)cc1)c1ncccc1C(F)(F)F. The fraction of sp³-hybridized carbons (Fsp3) is 0.400. The van der Waals surface area contributed by atoms with Crippen molar-refractivity contribution in [3.63, 3.8) is 0 Å². The van der Waals surface area contributed by atoms with Crippen LogP contribution in [0.4, 0.5) is 31.1 Å². The molecule has 1 aromatic carbocycles. The summed E-state index contributed by atoms with van der Waals surface area (Å²) in [6, 6.07) is 2.97. The van der Waals surface area contributed by atoms with Crippen molar-refractivity contribution in [2.45, 2.75) is 45.2 Å². The number of nitrogens with one attached hydrogen (secondary N) is 2. The number of urea groups is 1. The smallest absolute Gasteiger partial charge is 0.335 e. The Morgan fingerprint density at radius 2 is 1.50 bits per heavy atom. The molecule has 1 heterocycles. The van der Waals surface area contributed by atoms with Gasteiger partial charge in [-0.2, -0.15) is 26.3 Å². The van der Waals surface area contributed by atoms with Gasteiger partial charge in [0.2, 0.25) is 0 Å². The van der Waals surface area contributed by atoms with Crippen molar-refractivity contribution in [3.8, 4) is 0 Å². The molecule has 2 N–H and O–H groups in total. The summed E-state index contributed by atoms with van der Waals surface area (Å²) in [4.78, 5) is 16.2. The van der Waals surface area contributed by atoms with Crippen LogP contribution in [-0.4, -0.2) is 17.1 Å².